The Labute approximate surface area is 173 Å². The molecule has 2 saturated heterocycles. The summed E-state index contributed by atoms with van der Waals surface area (Å²) in [6, 6.07) is 7.75. The number of nitrogens with one attached hydrogen (secondary N) is 3. The molecule has 7 heteroatoms. The van der Waals surface area contributed by atoms with Gasteiger partial charge in [-0.3, -0.25) is 4.79 Å². The minimum Gasteiger partial charge on any atom is -0.351 e. The summed E-state index contributed by atoms with van der Waals surface area (Å²) in [4.78, 5) is 27.1. The number of urea groups is 1. The van der Waals surface area contributed by atoms with E-state index < -0.39 is 0 Å². The van der Waals surface area contributed by atoms with E-state index >= 15 is 0 Å². The van der Waals surface area contributed by atoms with Crippen LogP contribution in [0, 0.1) is 11.3 Å². The Hall–Kier alpha value is -1.79. The number of nitrogens with zero attached hydrogens (tertiary/aromatic N) is 1. The van der Waals surface area contributed by atoms with E-state index in [9.17, 15) is 9.59 Å². The van der Waals surface area contributed by atoms with Gasteiger partial charge in [0.15, 0.2) is 0 Å². The SMILES string of the molecule is Cl.O=C(Nc1cccc(CNC(=O)[C@@]23CCCC[C@H]2CNC3)c1)N1CCCC1. The monoisotopic (exact) mass is 406 g/mol. The zero-order valence-corrected chi connectivity index (χ0v) is 17.2. The van der Waals surface area contributed by atoms with Crippen LogP contribution in [0.2, 0.25) is 0 Å². The summed E-state index contributed by atoms with van der Waals surface area (Å²) >= 11 is 0. The fraction of sp³-hybridized carbons (Fsp3) is 0.619. The summed E-state index contributed by atoms with van der Waals surface area (Å²) in [5, 5.41) is 9.57. The van der Waals surface area contributed by atoms with E-state index in [1.807, 2.05) is 29.2 Å². The van der Waals surface area contributed by atoms with Gasteiger partial charge in [0.05, 0.1) is 5.41 Å². The molecule has 1 aromatic rings. The predicted molar refractivity (Wildman–Crippen MR) is 113 cm³/mol. The Morgan fingerprint density at radius 2 is 2.00 bits per heavy atom. The number of carbonyl (C=O) groups excluding carboxylic acids is 2. The fourth-order valence-electron chi connectivity index (χ4n) is 4.93. The average Bonchev–Trinajstić information content (AvgIpc) is 3.36. The number of anilines is 1. The highest BCUT2D eigenvalue weighted by atomic mass is 35.5. The second kappa shape index (κ2) is 9.14. The summed E-state index contributed by atoms with van der Waals surface area (Å²) in [5.41, 5.74) is 1.58. The van der Waals surface area contributed by atoms with Crippen LogP contribution in [0.5, 0.6) is 0 Å². The minimum absolute atomic E-state index is 0. The summed E-state index contributed by atoms with van der Waals surface area (Å²) in [6.45, 7) is 3.93. The van der Waals surface area contributed by atoms with Gasteiger partial charge in [-0.15, -0.1) is 12.4 Å². The second-order valence-corrected chi connectivity index (χ2v) is 8.24. The molecule has 0 bridgehead atoms. The van der Waals surface area contributed by atoms with Crippen LogP contribution < -0.4 is 16.0 Å². The molecule has 1 aromatic carbocycles. The number of hydrogen-bond donors (Lipinski definition) is 3. The quantitative estimate of drug-likeness (QED) is 0.719. The third-order valence-corrected chi connectivity index (χ3v) is 6.51. The van der Waals surface area contributed by atoms with Gasteiger partial charge in [-0.25, -0.2) is 4.79 Å². The van der Waals surface area contributed by atoms with Crippen LogP contribution in [0.25, 0.3) is 0 Å². The molecule has 6 nitrogen and oxygen atoms in total. The first-order valence-electron chi connectivity index (χ1n) is 10.3. The van der Waals surface area contributed by atoms with Gasteiger partial charge < -0.3 is 20.9 Å². The first-order valence-corrected chi connectivity index (χ1v) is 10.3. The van der Waals surface area contributed by atoms with Gasteiger partial charge in [-0.2, -0.15) is 0 Å². The van der Waals surface area contributed by atoms with Crippen molar-refractivity contribution in [2.75, 3.05) is 31.5 Å². The maximum Gasteiger partial charge on any atom is 0.321 e. The predicted octanol–water partition coefficient (Wildman–Crippen LogP) is 3.13. The molecule has 4 rings (SSSR count). The van der Waals surface area contributed by atoms with E-state index in [1.165, 1.54) is 6.42 Å². The van der Waals surface area contributed by atoms with Gasteiger partial charge in [0, 0.05) is 31.9 Å². The molecule has 28 heavy (non-hydrogen) atoms. The molecule has 3 fully saturated rings. The Bertz CT molecular complexity index is 707. The molecule has 0 aromatic heterocycles. The Balaban J connectivity index is 0.00000225. The number of likely N-dealkylation sites (tertiary alicyclic amines) is 1. The van der Waals surface area contributed by atoms with E-state index in [2.05, 4.69) is 16.0 Å². The van der Waals surface area contributed by atoms with Crippen LogP contribution in [0.1, 0.15) is 44.1 Å². The Morgan fingerprint density at radius 1 is 1.18 bits per heavy atom. The number of rotatable bonds is 4. The third-order valence-electron chi connectivity index (χ3n) is 6.51. The highest BCUT2D eigenvalue weighted by Gasteiger charge is 2.49. The summed E-state index contributed by atoms with van der Waals surface area (Å²) < 4.78 is 0. The van der Waals surface area contributed by atoms with E-state index in [0.717, 1.165) is 69.5 Å². The van der Waals surface area contributed by atoms with Gasteiger partial charge >= 0.3 is 6.03 Å². The standard InChI is InChI=1S/C21H30N4O2.ClH/c26-19(21-9-2-1-7-17(21)14-22-15-21)23-13-16-6-5-8-18(12-16)24-20(27)25-10-3-4-11-25;/h5-6,8,12,17,22H,1-4,7,9-11,13-15H2,(H,23,26)(H,24,27);1H/t17-,21+;/m0./s1. The van der Waals surface area contributed by atoms with Gasteiger partial charge in [0.25, 0.3) is 0 Å². The molecular weight excluding hydrogens is 376 g/mol. The van der Waals surface area contributed by atoms with Gasteiger partial charge in [0.1, 0.15) is 0 Å². The number of fused-ring (bicyclic) bond motifs is 1. The molecule has 3 aliphatic rings. The smallest absolute Gasteiger partial charge is 0.321 e. The molecule has 3 amide bonds. The molecule has 3 N–H and O–H groups in total. The zero-order valence-electron chi connectivity index (χ0n) is 16.3. The summed E-state index contributed by atoms with van der Waals surface area (Å²) in [7, 11) is 0. The highest BCUT2D eigenvalue weighted by Crippen LogP contribution is 2.43. The molecule has 2 heterocycles. The molecule has 2 aliphatic heterocycles. The van der Waals surface area contributed by atoms with Crippen LogP contribution in [0.3, 0.4) is 0 Å². The van der Waals surface area contributed by atoms with Crippen LogP contribution in [-0.4, -0.2) is 43.0 Å². The molecule has 0 unspecified atom stereocenters. The fourth-order valence-corrected chi connectivity index (χ4v) is 4.93. The topological polar surface area (TPSA) is 73.5 Å². The van der Waals surface area contributed by atoms with Crippen LogP contribution >= 0.6 is 12.4 Å². The van der Waals surface area contributed by atoms with Crippen molar-refractivity contribution in [2.24, 2.45) is 11.3 Å². The van der Waals surface area contributed by atoms with E-state index in [4.69, 9.17) is 0 Å². The number of amides is 3. The lowest BCUT2D eigenvalue weighted by molar-refractivity contribution is -0.134. The van der Waals surface area contributed by atoms with Crippen molar-refractivity contribution in [1.82, 2.24) is 15.5 Å². The summed E-state index contributed by atoms with van der Waals surface area (Å²) in [5.74, 6) is 0.654. The van der Waals surface area contributed by atoms with Crippen molar-refractivity contribution in [1.29, 1.82) is 0 Å². The van der Waals surface area contributed by atoms with Crippen molar-refractivity contribution >= 4 is 30.0 Å². The molecule has 0 spiro atoms. The maximum atomic E-state index is 13.0. The van der Waals surface area contributed by atoms with Crippen LogP contribution in [-0.2, 0) is 11.3 Å². The number of halogens is 1. The number of carbonyl (C=O) groups is 2. The van der Waals surface area contributed by atoms with E-state index in [1.54, 1.807) is 0 Å². The lowest BCUT2D eigenvalue weighted by atomic mass is 9.67. The lowest BCUT2D eigenvalue weighted by Gasteiger charge is -2.37. The first kappa shape index (κ1) is 20.9. The van der Waals surface area contributed by atoms with Crippen molar-refractivity contribution in [3.63, 3.8) is 0 Å². The molecule has 1 aliphatic carbocycles. The average molecular weight is 407 g/mol. The molecule has 0 radical (unpaired) electrons. The Kier molecular flexibility index (Phi) is 6.83. The molecule has 154 valence electrons. The van der Waals surface area contributed by atoms with Crippen molar-refractivity contribution in [3.8, 4) is 0 Å². The van der Waals surface area contributed by atoms with Crippen molar-refractivity contribution in [3.05, 3.63) is 29.8 Å². The minimum atomic E-state index is -0.222. The lowest BCUT2D eigenvalue weighted by Crippen LogP contribution is -2.47. The van der Waals surface area contributed by atoms with Crippen LogP contribution in [0.15, 0.2) is 24.3 Å². The molecule has 2 atom stereocenters. The number of benzene rings is 1. The zero-order chi connectivity index (χ0) is 18.7. The maximum absolute atomic E-state index is 13.0. The second-order valence-electron chi connectivity index (χ2n) is 8.24. The van der Waals surface area contributed by atoms with Crippen LogP contribution in [0.4, 0.5) is 10.5 Å². The third kappa shape index (κ3) is 4.28. The van der Waals surface area contributed by atoms with Gasteiger partial charge in [0.2, 0.25) is 5.91 Å². The molecular formula is C21H31ClN4O2. The normalized spacial score (nSPS) is 26.3. The summed E-state index contributed by atoms with van der Waals surface area (Å²) in [6.07, 6.45) is 6.68. The van der Waals surface area contributed by atoms with E-state index in [0.29, 0.717) is 12.5 Å². The molecule has 1 saturated carbocycles. The van der Waals surface area contributed by atoms with Crippen molar-refractivity contribution in [2.45, 2.75) is 45.1 Å². The first-order chi connectivity index (χ1) is 13.2. The number of hydrogen-bond acceptors (Lipinski definition) is 3. The van der Waals surface area contributed by atoms with Crippen molar-refractivity contribution < 1.29 is 9.59 Å². The largest absolute Gasteiger partial charge is 0.351 e. The van der Waals surface area contributed by atoms with E-state index in [-0.39, 0.29) is 29.8 Å². The Morgan fingerprint density at radius 3 is 2.82 bits per heavy atom. The van der Waals surface area contributed by atoms with Gasteiger partial charge in [-0.1, -0.05) is 25.0 Å². The highest BCUT2D eigenvalue weighted by molar-refractivity contribution is 5.89. The van der Waals surface area contributed by atoms with Gasteiger partial charge in [-0.05, 0) is 55.8 Å².